The molecule has 23 heavy (non-hydrogen) atoms. The van der Waals surface area contributed by atoms with Gasteiger partial charge in [0, 0.05) is 18.1 Å². The molecule has 0 fully saturated rings. The van der Waals surface area contributed by atoms with Crippen LogP contribution in [0.4, 0.5) is 11.4 Å². The number of fused-ring (bicyclic) bond motifs is 1. The Hall–Kier alpha value is -2.60. The molecule has 0 radical (unpaired) electrons. The van der Waals surface area contributed by atoms with Gasteiger partial charge in [0.15, 0.2) is 12.0 Å². The van der Waals surface area contributed by atoms with Crippen molar-refractivity contribution < 1.29 is 9.53 Å². The zero-order chi connectivity index (χ0) is 16.4. The van der Waals surface area contributed by atoms with Crippen molar-refractivity contribution in [2.24, 2.45) is 0 Å². The third kappa shape index (κ3) is 2.73. The van der Waals surface area contributed by atoms with Gasteiger partial charge in [-0.05, 0) is 25.1 Å². The molecular weight excluding hydrogens is 316 g/mol. The molecule has 0 aliphatic heterocycles. The Morgan fingerprint density at radius 2 is 2.17 bits per heavy atom. The highest BCUT2D eigenvalue weighted by Gasteiger charge is 2.14. The van der Waals surface area contributed by atoms with Crippen LogP contribution in [0.2, 0.25) is 5.15 Å². The number of pyridine rings is 1. The summed E-state index contributed by atoms with van der Waals surface area (Å²) in [4.78, 5) is 15.1. The third-order valence-corrected chi connectivity index (χ3v) is 3.77. The van der Waals surface area contributed by atoms with Gasteiger partial charge in [0.1, 0.15) is 10.7 Å². The lowest BCUT2D eigenvalue weighted by Gasteiger charge is -2.14. The van der Waals surface area contributed by atoms with Gasteiger partial charge in [0.05, 0.1) is 30.2 Å². The van der Waals surface area contributed by atoms with Crippen LogP contribution >= 0.6 is 11.6 Å². The van der Waals surface area contributed by atoms with Crippen LogP contribution in [-0.2, 0) is 6.54 Å². The summed E-state index contributed by atoms with van der Waals surface area (Å²) in [5, 5.41) is 8.82. The maximum Gasteiger partial charge on any atom is 0.168 e. The Bertz CT molecular complexity index is 876. The molecule has 0 atom stereocenters. The molecule has 0 unspecified atom stereocenters. The van der Waals surface area contributed by atoms with Gasteiger partial charge in [0.2, 0.25) is 0 Å². The summed E-state index contributed by atoms with van der Waals surface area (Å²) in [6.07, 6.45) is 3.96. The number of hydrogen-bond acceptors (Lipinski definition) is 5. The lowest BCUT2D eigenvalue weighted by atomic mass is 10.2. The number of anilines is 2. The predicted octanol–water partition coefficient (Wildman–Crippen LogP) is 3.67. The number of rotatable bonds is 5. The van der Waals surface area contributed by atoms with E-state index in [1.165, 1.54) is 6.20 Å². The zero-order valence-corrected chi connectivity index (χ0v) is 13.5. The van der Waals surface area contributed by atoms with Crippen LogP contribution in [0.15, 0.2) is 30.6 Å². The number of nitrogens with zero attached hydrogens (tertiary/aromatic N) is 3. The molecule has 6 nitrogen and oxygen atoms in total. The molecular formula is C16H15ClN4O2. The second-order valence-electron chi connectivity index (χ2n) is 4.88. The van der Waals surface area contributed by atoms with Gasteiger partial charge in [-0.1, -0.05) is 11.6 Å². The van der Waals surface area contributed by atoms with E-state index in [1.54, 1.807) is 19.4 Å². The summed E-state index contributed by atoms with van der Waals surface area (Å²) in [6, 6.07) is 5.43. The molecule has 0 aliphatic carbocycles. The summed E-state index contributed by atoms with van der Waals surface area (Å²) in [5.74, 6) is 0.659. The molecule has 0 spiro atoms. The molecule has 1 N–H and O–H groups in total. The quantitative estimate of drug-likeness (QED) is 0.571. The fourth-order valence-corrected chi connectivity index (χ4v) is 2.64. The molecule has 0 saturated carbocycles. The van der Waals surface area contributed by atoms with E-state index in [9.17, 15) is 4.79 Å². The fraction of sp³-hybridized carbons (Fsp3) is 0.188. The van der Waals surface area contributed by atoms with Gasteiger partial charge in [0.25, 0.3) is 0 Å². The monoisotopic (exact) mass is 330 g/mol. The standard InChI is InChI=1S/C16H15ClN4O2/c1-3-21-15-10(8-19-21)4-5-12(16(15)23-2)20-13-6-14(17)18-7-11(13)9-22/h4-9H,3H2,1-2H3,(H,18,20). The Labute approximate surface area is 138 Å². The van der Waals surface area contributed by atoms with E-state index in [2.05, 4.69) is 15.4 Å². The number of benzene rings is 1. The minimum atomic E-state index is 0.303. The van der Waals surface area contributed by atoms with Crippen molar-refractivity contribution in [3.8, 4) is 5.75 Å². The lowest BCUT2D eigenvalue weighted by molar-refractivity contribution is 0.112. The first-order valence-corrected chi connectivity index (χ1v) is 7.46. The molecule has 1 aromatic carbocycles. The lowest BCUT2D eigenvalue weighted by Crippen LogP contribution is -2.02. The molecule has 0 amide bonds. The Kier molecular flexibility index (Phi) is 4.16. The minimum absolute atomic E-state index is 0.303. The molecule has 0 saturated heterocycles. The van der Waals surface area contributed by atoms with Crippen molar-refractivity contribution in [3.05, 3.63) is 41.3 Å². The first-order chi connectivity index (χ1) is 11.2. The van der Waals surface area contributed by atoms with Crippen LogP contribution in [0.5, 0.6) is 5.75 Å². The Balaban J connectivity index is 2.13. The van der Waals surface area contributed by atoms with Crippen molar-refractivity contribution in [2.75, 3.05) is 12.4 Å². The number of methoxy groups -OCH3 is 1. The second kappa shape index (κ2) is 6.26. The predicted molar refractivity (Wildman–Crippen MR) is 89.9 cm³/mol. The normalized spacial score (nSPS) is 10.7. The van der Waals surface area contributed by atoms with Crippen LogP contribution < -0.4 is 10.1 Å². The van der Waals surface area contributed by atoms with Crippen LogP contribution in [0.25, 0.3) is 10.9 Å². The minimum Gasteiger partial charge on any atom is -0.492 e. The number of ether oxygens (including phenoxy) is 1. The van der Waals surface area contributed by atoms with E-state index in [4.69, 9.17) is 16.3 Å². The number of carbonyl (C=O) groups excluding carboxylic acids is 1. The molecule has 7 heteroatoms. The average molecular weight is 331 g/mol. The number of aldehydes is 1. The topological polar surface area (TPSA) is 69.0 Å². The van der Waals surface area contributed by atoms with E-state index in [0.29, 0.717) is 22.2 Å². The van der Waals surface area contributed by atoms with Gasteiger partial charge in [-0.2, -0.15) is 5.10 Å². The molecule has 3 aromatic rings. The first kappa shape index (κ1) is 15.3. The number of nitrogens with one attached hydrogen (secondary N) is 1. The molecule has 0 bridgehead atoms. The Morgan fingerprint density at radius 3 is 2.87 bits per heavy atom. The van der Waals surface area contributed by atoms with E-state index in [-0.39, 0.29) is 0 Å². The number of halogens is 1. The van der Waals surface area contributed by atoms with Crippen molar-refractivity contribution in [2.45, 2.75) is 13.5 Å². The van der Waals surface area contributed by atoms with E-state index in [1.807, 2.05) is 23.7 Å². The van der Waals surface area contributed by atoms with Gasteiger partial charge >= 0.3 is 0 Å². The summed E-state index contributed by atoms with van der Waals surface area (Å²) >= 11 is 5.93. The highest BCUT2D eigenvalue weighted by Crippen LogP contribution is 2.36. The maximum atomic E-state index is 11.2. The molecule has 2 aromatic heterocycles. The number of hydrogen-bond donors (Lipinski definition) is 1. The van der Waals surface area contributed by atoms with Gasteiger partial charge in [-0.3, -0.25) is 9.48 Å². The van der Waals surface area contributed by atoms with Crippen molar-refractivity contribution in [1.82, 2.24) is 14.8 Å². The molecule has 118 valence electrons. The van der Waals surface area contributed by atoms with E-state index < -0.39 is 0 Å². The van der Waals surface area contributed by atoms with Gasteiger partial charge in [-0.15, -0.1) is 0 Å². The van der Waals surface area contributed by atoms with E-state index in [0.717, 1.165) is 29.4 Å². The number of carbonyl (C=O) groups is 1. The summed E-state index contributed by atoms with van der Waals surface area (Å²) in [6.45, 7) is 2.74. The SMILES string of the molecule is CCn1ncc2ccc(Nc3cc(Cl)ncc3C=O)c(OC)c21. The van der Waals surface area contributed by atoms with Crippen LogP contribution in [0.3, 0.4) is 0 Å². The average Bonchev–Trinajstić information content (AvgIpc) is 2.98. The van der Waals surface area contributed by atoms with Gasteiger partial charge in [-0.25, -0.2) is 4.98 Å². The van der Waals surface area contributed by atoms with Crippen molar-refractivity contribution in [3.63, 3.8) is 0 Å². The number of aromatic nitrogens is 3. The summed E-state index contributed by atoms with van der Waals surface area (Å²) in [5.41, 5.74) is 2.61. The third-order valence-electron chi connectivity index (χ3n) is 3.56. The van der Waals surface area contributed by atoms with Crippen LogP contribution in [-0.4, -0.2) is 28.2 Å². The highest BCUT2D eigenvalue weighted by molar-refractivity contribution is 6.29. The van der Waals surface area contributed by atoms with E-state index >= 15 is 0 Å². The Morgan fingerprint density at radius 1 is 1.35 bits per heavy atom. The summed E-state index contributed by atoms with van der Waals surface area (Å²) in [7, 11) is 1.60. The largest absolute Gasteiger partial charge is 0.492 e. The molecule has 2 heterocycles. The summed E-state index contributed by atoms with van der Waals surface area (Å²) < 4.78 is 7.44. The fourth-order valence-electron chi connectivity index (χ4n) is 2.48. The smallest absolute Gasteiger partial charge is 0.168 e. The first-order valence-electron chi connectivity index (χ1n) is 7.08. The molecule has 3 rings (SSSR count). The number of aryl methyl sites for hydroxylation is 1. The highest BCUT2D eigenvalue weighted by atomic mass is 35.5. The maximum absolute atomic E-state index is 11.2. The van der Waals surface area contributed by atoms with Crippen LogP contribution in [0, 0.1) is 0 Å². The van der Waals surface area contributed by atoms with Gasteiger partial charge < -0.3 is 10.1 Å². The second-order valence-corrected chi connectivity index (χ2v) is 5.27. The zero-order valence-electron chi connectivity index (χ0n) is 12.7. The van der Waals surface area contributed by atoms with Crippen molar-refractivity contribution in [1.29, 1.82) is 0 Å². The van der Waals surface area contributed by atoms with Crippen LogP contribution in [0.1, 0.15) is 17.3 Å². The molecule has 0 aliphatic rings. The van der Waals surface area contributed by atoms with Crippen molar-refractivity contribution >= 4 is 40.2 Å².